The summed E-state index contributed by atoms with van der Waals surface area (Å²) in [5.41, 5.74) is 7.40. The van der Waals surface area contributed by atoms with Crippen LogP contribution in [0, 0.1) is 5.92 Å². The lowest BCUT2D eigenvalue weighted by Crippen LogP contribution is -2.33. The highest BCUT2D eigenvalue weighted by atomic mass is 32.1. The topological polar surface area (TPSA) is 64.3 Å². The van der Waals surface area contributed by atoms with Crippen LogP contribution in [0.3, 0.4) is 0 Å². The molecule has 0 aliphatic carbocycles. The third-order valence-corrected chi connectivity index (χ3v) is 3.65. The Bertz CT molecular complexity index is 473. The van der Waals surface area contributed by atoms with Gasteiger partial charge in [0.25, 0.3) is 0 Å². The number of nitrogens with one attached hydrogen (secondary N) is 1. The van der Waals surface area contributed by atoms with Gasteiger partial charge in [-0.15, -0.1) is 0 Å². The number of rotatable bonds is 4. The SMILES string of the molecule is CC1OCCC1C(=O)NCc1ccc(C(N)=S)cc1. The van der Waals surface area contributed by atoms with Gasteiger partial charge in [-0.2, -0.15) is 0 Å². The number of thiocarbonyl (C=S) groups is 1. The van der Waals surface area contributed by atoms with Gasteiger partial charge < -0.3 is 15.8 Å². The second-order valence-corrected chi connectivity index (χ2v) is 5.19. The van der Waals surface area contributed by atoms with Gasteiger partial charge >= 0.3 is 0 Å². The summed E-state index contributed by atoms with van der Waals surface area (Å²) in [7, 11) is 0. The van der Waals surface area contributed by atoms with Crippen molar-refractivity contribution in [2.75, 3.05) is 6.61 Å². The van der Waals surface area contributed by atoms with E-state index in [1.807, 2.05) is 31.2 Å². The lowest BCUT2D eigenvalue weighted by Gasteiger charge is -2.14. The highest BCUT2D eigenvalue weighted by Gasteiger charge is 2.30. The van der Waals surface area contributed by atoms with E-state index >= 15 is 0 Å². The standard InChI is InChI=1S/C14H18N2O2S/c1-9-12(6-7-18-9)14(17)16-8-10-2-4-11(5-3-10)13(15)19/h2-5,9,12H,6-8H2,1H3,(H2,15,19)(H,16,17). The number of hydrogen-bond acceptors (Lipinski definition) is 3. The quantitative estimate of drug-likeness (QED) is 0.816. The summed E-state index contributed by atoms with van der Waals surface area (Å²) < 4.78 is 5.39. The zero-order chi connectivity index (χ0) is 13.8. The summed E-state index contributed by atoms with van der Waals surface area (Å²) in [5, 5.41) is 2.94. The van der Waals surface area contributed by atoms with Crippen LogP contribution < -0.4 is 11.1 Å². The Morgan fingerprint density at radius 2 is 2.16 bits per heavy atom. The maximum absolute atomic E-state index is 12.0. The van der Waals surface area contributed by atoms with E-state index in [9.17, 15) is 4.79 Å². The van der Waals surface area contributed by atoms with E-state index in [4.69, 9.17) is 22.7 Å². The second-order valence-electron chi connectivity index (χ2n) is 4.75. The van der Waals surface area contributed by atoms with E-state index in [1.54, 1.807) is 0 Å². The summed E-state index contributed by atoms with van der Waals surface area (Å²) >= 11 is 4.89. The minimum absolute atomic E-state index is 0.0111. The van der Waals surface area contributed by atoms with E-state index in [1.165, 1.54) is 0 Å². The Balaban J connectivity index is 1.88. The molecule has 4 nitrogen and oxygen atoms in total. The molecule has 2 rings (SSSR count). The van der Waals surface area contributed by atoms with Crippen molar-refractivity contribution < 1.29 is 9.53 Å². The van der Waals surface area contributed by atoms with Crippen LogP contribution in [-0.4, -0.2) is 23.6 Å². The maximum atomic E-state index is 12.0. The van der Waals surface area contributed by atoms with Gasteiger partial charge in [0.2, 0.25) is 5.91 Å². The smallest absolute Gasteiger partial charge is 0.226 e. The Labute approximate surface area is 118 Å². The molecule has 1 heterocycles. The molecule has 2 atom stereocenters. The summed E-state index contributed by atoms with van der Waals surface area (Å²) in [6, 6.07) is 7.57. The molecule has 1 aromatic rings. The van der Waals surface area contributed by atoms with Gasteiger partial charge in [0, 0.05) is 18.7 Å². The number of hydrogen-bond donors (Lipinski definition) is 2. The molecule has 1 amide bonds. The fourth-order valence-corrected chi connectivity index (χ4v) is 2.32. The van der Waals surface area contributed by atoms with Crippen LogP contribution in [0.25, 0.3) is 0 Å². The maximum Gasteiger partial charge on any atom is 0.226 e. The Morgan fingerprint density at radius 1 is 1.47 bits per heavy atom. The first-order chi connectivity index (χ1) is 9.08. The average molecular weight is 278 g/mol. The predicted molar refractivity (Wildman–Crippen MR) is 77.7 cm³/mol. The highest BCUT2D eigenvalue weighted by molar-refractivity contribution is 7.80. The fraction of sp³-hybridized carbons (Fsp3) is 0.429. The summed E-state index contributed by atoms with van der Waals surface area (Å²) in [4.78, 5) is 12.4. The number of benzene rings is 1. The number of carbonyl (C=O) groups excluding carboxylic acids is 1. The number of ether oxygens (including phenoxy) is 1. The minimum Gasteiger partial charge on any atom is -0.389 e. The Kier molecular flexibility index (Phi) is 4.50. The van der Waals surface area contributed by atoms with Crippen molar-refractivity contribution in [1.82, 2.24) is 5.32 Å². The van der Waals surface area contributed by atoms with Gasteiger partial charge in [-0.05, 0) is 18.9 Å². The van der Waals surface area contributed by atoms with Gasteiger partial charge in [-0.25, -0.2) is 0 Å². The molecule has 1 aromatic carbocycles. The third kappa shape index (κ3) is 3.52. The monoisotopic (exact) mass is 278 g/mol. The van der Waals surface area contributed by atoms with Gasteiger partial charge in [-0.3, -0.25) is 4.79 Å². The van der Waals surface area contributed by atoms with Crippen LogP contribution >= 0.6 is 12.2 Å². The molecule has 1 aliphatic heterocycles. The lowest BCUT2D eigenvalue weighted by molar-refractivity contribution is -0.126. The van der Waals surface area contributed by atoms with Crippen molar-refractivity contribution in [2.45, 2.75) is 26.0 Å². The van der Waals surface area contributed by atoms with Gasteiger partial charge in [0.1, 0.15) is 4.99 Å². The van der Waals surface area contributed by atoms with Crippen LogP contribution in [0.2, 0.25) is 0 Å². The first kappa shape index (κ1) is 14.0. The van der Waals surface area contributed by atoms with E-state index in [0.29, 0.717) is 18.1 Å². The van der Waals surface area contributed by atoms with Gasteiger partial charge in [0.05, 0.1) is 12.0 Å². The zero-order valence-corrected chi connectivity index (χ0v) is 11.7. The van der Waals surface area contributed by atoms with E-state index in [-0.39, 0.29) is 17.9 Å². The first-order valence-corrected chi connectivity index (χ1v) is 6.77. The molecule has 0 bridgehead atoms. The largest absolute Gasteiger partial charge is 0.389 e. The molecule has 1 aliphatic rings. The highest BCUT2D eigenvalue weighted by Crippen LogP contribution is 2.20. The number of nitrogens with two attached hydrogens (primary N) is 1. The van der Waals surface area contributed by atoms with Crippen LogP contribution in [-0.2, 0) is 16.1 Å². The van der Waals surface area contributed by atoms with Crippen LogP contribution in [0.15, 0.2) is 24.3 Å². The van der Waals surface area contributed by atoms with Crippen molar-refractivity contribution in [3.8, 4) is 0 Å². The Morgan fingerprint density at radius 3 is 2.68 bits per heavy atom. The minimum atomic E-state index is -0.0316. The molecule has 19 heavy (non-hydrogen) atoms. The third-order valence-electron chi connectivity index (χ3n) is 3.42. The summed E-state index contributed by atoms with van der Waals surface area (Å²) in [6.07, 6.45) is 0.810. The van der Waals surface area contributed by atoms with Crippen molar-refractivity contribution in [3.63, 3.8) is 0 Å². The molecule has 102 valence electrons. The molecule has 1 fully saturated rings. The van der Waals surface area contributed by atoms with Gasteiger partial charge in [-0.1, -0.05) is 36.5 Å². The number of carbonyl (C=O) groups is 1. The zero-order valence-electron chi connectivity index (χ0n) is 10.9. The first-order valence-electron chi connectivity index (χ1n) is 6.36. The molecule has 1 saturated heterocycles. The molecular formula is C14H18N2O2S. The molecule has 0 saturated carbocycles. The van der Waals surface area contributed by atoms with Crippen molar-refractivity contribution in [2.24, 2.45) is 11.7 Å². The molecular weight excluding hydrogens is 260 g/mol. The number of amides is 1. The summed E-state index contributed by atoms with van der Waals surface area (Å²) in [6.45, 7) is 3.12. The molecule has 2 unspecified atom stereocenters. The molecule has 3 N–H and O–H groups in total. The molecule has 0 aromatic heterocycles. The second kappa shape index (κ2) is 6.12. The van der Waals surface area contributed by atoms with Crippen LogP contribution in [0.1, 0.15) is 24.5 Å². The Hall–Kier alpha value is -1.46. The van der Waals surface area contributed by atoms with E-state index < -0.39 is 0 Å². The molecule has 0 spiro atoms. The average Bonchev–Trinajstić information content (AvgIpc) is 2.83. The van der Waals surface area contributed by atoms with Crippen LogP contribution in [0.4, 0.5) is 0 Å². The lowest BCUT2D eigenvalue weighted by atomic mass is 10.0. The van der Waals surface area contributed by atoms with E-state index in [2.05, 4.69) is 5.32 Å². The molecule has 0 radical (unpaired) electrons. The van der Waals surface area contributed by atoms with Crippen molar-refractivity contribution >= 4 is 23.1 Å². The van der Waals surface area contributed by atoms with Crippen molar-refractivity contribution in [1.29, 1.82) is 0 Å². The normalized spacial score (nSPS) is 22.2. The van der Waals surface area contributed by atoms with Gasteiger partial charge in [0.15, 0.2) is 0 Å². The molecule has 5 heteroatoms. The predicted octanol–water partition coefficient (Wildman–Crippen LogP) is 1.36. The van der Waals surface area contributed by atoms with E-state index in [0.717, 1.165) is 17.5 Å². The summed E-state index contributed by atoms with van der Waals surface area (Å²) in [5.74, 6) is 0.0271. The van der Waals surface area contributed by atoms with Crippen molar-refractivity contribution in [3.05, 3.63) is 35.4 Å². The fourth-order valence-electron chi connectivity index (χ4n) is 2.18. The van der Waals surface area contributed by atoms with Crippen LogP contribution in [0.5, 0.6) is 0 Å².